The highest BCUT2D eigenvalue weighted by Crippen LogP contribution is 2.10. The van der Waals surface area contributed by atoms with Crippen molar-refractivity contribution >= 4 is 0 Å². The fourth-order valence-corrected chi connectivity index (χ4v) is 2.12. The summed E-state index contributed by atoms with van der Waals surface area (Å²) in [6, 6.07) is 9.53. The minimum absolute atomic E-state index is 0.457. The number of aryl methyl sites for hydroxylation is 1. The van der Waals surface area contributed by atoms with Crippen LogP contribution < -0.4 is 5.32 Å². The Morgan fingerprint density at radius 2 is 2.00 bits per heavy atom. The van der Waals surface area contributed by atoms with Gasteiger partial charge in [0.2, 0.25) is 0 Å². The normalized spacial score (nSPS) is 14.6. The monoisotopic (exact) mass is 235 g/mol. The lowest BCUT2D eigenvalue weighted by atomic mass is 10.0. The molecule has 2 atom stereocenters. The predicted molar refractivity (Wildman–Crippen MR) is 73.4 cm³/mol. The molecule has 2 unspecified atom stereocenters. The predicted octanol–water partition coefficient (Wildman–Crippen LogP) is 2.94. The van der Waals surface area contributed by atoms with Gasteiger partial charge < -0.3 is 10.1 Å². The minimum Gasteiger partial charge on any atom is -0.383 e. The number of hydrogen-bond acceptors (Lipinski definition) is 2. The third-order valence-electron chi connectivity index (χ3n) is 3.17. The molecule has 0 aromatic heterocycles. The molecule has 96 valence electrons. The van der Waals surface area contributed by atoms with Crippen molar-refractivity contribution in [3.8, 4) is 0 Å². The van der Waals surface area contributed by atoms with Crippen LogP contribution in [0.2, 0.25) is 0 Å². The van der Waals surface area contributed by atoms with Gasteiger partial charge in [-0.2, -0.15) is 0 Å². The fraction of sp³-hybridized carbons (Fsp3) is 0.600. The van der Waals surface area contributed by atoms with Crippen molar-refractivity contribution in [3.63, 3.8) is 0 Å². The number of methoxy groups -OCH3 is 1. The zero-order chi connectivity index (χ0) is 12.7. The van der Waals surface area contributed by atoms with E-state index in [0.29, 0.717) is 12.1 Å². The van der Waals surface area contributed by atoms with Crippen molar-refractivity contribution in [3.05, 3.63) is 35.4 Å². The van der Waals surface area contributed by atoms with Crippen LogP contribution in [-0.2, 0) is 11.2 Å². The molecular formula is C15H25NO. The number of benzene rings is 1. The van der Waals surface area contributed by atoms with Crippen molar-refractivity contribution in [1.29, 1.82) is 0 Å². The van der Waals surface area contributed by atoms with Gasteiger partial charge in [-0.05, 0) is 37.8 Å². The van der Waals surface area contributed by atoms with Crippen LogP contribution in [0, 0.1) is 6.92 Å². The first-order chi connectivity index (χ1) is 8.17. The quantitative estimate of drug-likeness (QED) is 0.784. The highest BCUT2D eigenvalue weighted by atomic mass is 16.5. The molecule has 2 heteroatoms. The summed E-state index contributed by atoms with van der Waals surface area (Å²) in [5, 5.41) is 3.62. The van der Waals surface area contributed by atoms with E-state index in [2.05, 4.69) is 50.4 Å². The average Bonchev–Trinajstić information content (AvgIpc) is 2.31. The molecule has 0 aliphatic heterocycles. The van der Waals surface area contributed by atoms with Gasteiger partial charge in [-0.1, -0.05) is 31.2 Å². The number of hydrogen-bond donors (Lipinski definition) is 1. The Morgan fingerprint density at radius 3 is 2.59 bits per heavy atom. The fourth-order valence-electron chi connectivity index (χ4n) is 2.12. The molecular weight excluding hydrogens is 210 g/mol. The molecule has 1 N–H and O–H groups in total. The lowest BCUT2D eigenvalue weighted by Crippen LogP contribution is -2.40. The number of ether oxygens (including phenoxy) is 1. The maximum atomic E-state index is 5.21. The van der Waals surface area contributed by atoms with Crippen LogP contribution in [0.25, 0.3) is 0 Å². The number of rotatable bonds is 7. The highest BCUT2D eigenvalue weighted by Gasteiger charge is 2.11. The Bertz CT molecular complexity index is 324. The van der Waals surface area contributed by atoms with Crippen molar-refractivity contribution < 1.29 is 4.74 Å². The molecule has 1 aromatic carbocycles. The van der Waals surface area contributed by atoms with E-state index >= 15 is 0 Å². The summed E-state index contributed by atoms with van der Waals surface area (Å²) in [6.07, 6.45) is 2.18. The largest absolute Gasteiger partial charge is 0.383 e. The molecule has 0 saturated carbocycles. The molecule has 0 spiro atoms. The molecule has 0 fully saturated rings. The standard InChI is InChI=1S/C15H25NO/c1-5-15(11-17-4)16-13(3)10-14-9-7-6-8-12(14)2/h6-9,13,15-16H,5,10-11H2,1-4H3. The Labute approximate surface area is 105 Å². The molecule has 0 saturated heterocycles. The van der Waals surface area contributed by atoms with Crippen molar-refractivity contribution in [2.45, 2.75) is 45.7 Å². The van der Waals surface area contributed by atoms with Gasteiger partial charge in [0.1, 0.15) is 0 Å². The summed E-state index contributed by atoms with van der Waals surface area (Å²) in [5.41, 5.74) is 2.81. The van der Waals surface area contributed by atoms with E-state index in [1.54, 1.807) is 7.11 Å². The summed E-state index contributed by atoms with van der Waals surface area (Å²) in [7, 11) is 1.76. The van der Waals surface area contributed by atoms with Crippen molar-refractivity contribution in [2.24, 2.45) is 0 Å². The van der Waals surface area contributed by atoms with Gasteiger partial charge in [0.15, 0.2) is 0 Å². The summed E-state index contributed by atoms with van der Waals surface area (Å²) in [6.45, 7) is 7.39. The second kappa shape index (κ2) is 7.46. The molecule has 2 nitrogen and oxygen atoms in total. The molecule has 1 aromatic rings. The highest BCUT2D eigenvalue weighted by molar-refractivity contribution is 5.26. The van der Waals surface area contributed by atoms with Gasteiger partial charge in [-0.25, -0.2) is 0 Å². The summed E-state index contributed by atoms with van der Waals surface area (Å²) in [5.74, 6) is 0. The molecule has 0 amide bonds. The van der Waals surface area contributed by atoms with Gasteiger partial charge in [0.05, 0.1) is 6.61 Å². The van der Waals surface area contributed by atoms with Crippen LogP contribution in [0.15, 0.2) is 24.3 Å². The first kappa shape index (κ1) is 14.2. The van der Waals surface area contributed by atoms with Gasteiger partial charge in [0.25, 0.3) is 0 Å². The molecule has 0 bridgehead atoms. The zero-order valence-electron chi connectivity index (χ0n) is 11.5. The SMILES string of the molecule is CCC(COC)NC(C)Cc1ccccc1C. The Morgan fingerprint density at radius 1 is 1.29 bits per heavy atom. The van der Waals surface area contributed by atoms with E-state index in [9.17, 15) is 0 Å². The minimum atomic E-state index is 0.457. The summed E-state index contributed by atoms with van der Waals surface area (Å²) in [4.78, 5) is 0. The molecule has 1 rings (SSSR count). The van der Waals surface area contributed by atoms with E-state index in [4.69, 9.17) is 4.74 Å². The first-order valence-electron chi connectivity index (χ1n) is 6.46. The second-order valence-corrected chi connectivity index (χ2v) is 4.76. The molecule has 0 radical (unpaired) electrons. The van der Waals surface area contributed by atoms with Crippen molar-refractivity contribution in [1.82, 2.24) is 5.32 Å². The third kappa shape index (κ3) is 4.88. The average molecular weight is 235 g/mol. The smallest absolute Gasteiger partial charge is 0.0615 e. The van der Waals surface area contributed by atoms with E-state index in [1.807, 2.05) is 0 Å². The second-order valence-electron chi connectivity index (χ2n) is 4.76. The topological polar surface area (TPSA) is 21.3 Å². The van der Waals surface area contributed by atoms with Gasteiger partial charge in [-0.15, -0.1) is 0 Å². The van der Waals surface area contributed by atoms with Gasteiger partial charge in [0, 0.05) is 19.2 Å². The summed E-state index contributed by atoms with van der Waals surface area (Å²) < 4.78 is 5.21. The van der Waals surface area contributed by atoms with Crippen LogP contribution in [-0.4, -0.2) is 25.8 Å². The van der Waals surface area contributed by atoms with Crippen LogP contribution in [0.5, 0.6) is 0 Å². The van der Waals surface area contributed by atoms with Crippen LogP contribution in [0.4, 0.5) is 0 Å². The zero-order valence-corrected chi connectivity index (χ0v) is 11.5. The van der Waals surface area contributed by atoms with E-state index in [1.165, 1.54) is 11.1 Å². The Hall–Kier alpha value is -0.860. The van der Waals surface area contributed by atoms with E-state index in [-0.39, 0.29) is 0 Å². The maximum absolute atomic E-state index is 5.21. The van der Waals surface area contributed by atoms with E-state index in [0.717, 1.165) is 19.4 Å². The molecule has 17 heavy (non-hydrogen) atoms. The maximum Gasteiger partial charge on any atom is 0.0615 e. The van der Waals surface area contributed by atoms with Gasteiger partial charge >= 0.3 is 0 Å². The van der Waals surface area contributed by atoms with E-state index < -0.39 is 0 Å². The van der Waals surface area contributed by atoms with Crippen LogP contribution in [0.3, 0.4) is 0 Å². The van der Waals surface area contributed by atoms with Crippen LogP contribution >= 0.6 is 0 Å². The Balaban J connectivity index is 2.49. The molecule has 0 aliphatic carbocycles. The third-order valence-corrected chi connectivity index (χ3v) is 3.17. The molecule has 0 aliphatic rings. The number of nitrogens with one attached hydrogen (secondary N) is 1. The van der Waals surface area contributed by atoms with Gasteiger partial charge in [-0.3, -0.25) is 0 Å². The van der Waals surface area contributed by atoms with Crippen LogP contribution in [0.1, 0.15) is 31.4 Å². The molecule has 0 heterocycles. The first-order valence-corrected chi connectivity index (χ1v) is 6.46. The Kier molecular flexibility index (Phi) is 6.23. The summed E-state index contributed by atoms with van der Waals surface area (Å²) >= 11 is 0. The van der Waals surface area contributed by atoms with Crippen molar-refractivity contribution in [2.75, 3.05) is 13.7 Å². The lowest BCUT2D eigenvalue weighted by Gasteiger charge is -2.22. The lowest BCUT2D eigenvalue weighted by molar-refractivity contribution is 0.159.